The number of nitrogens with one attached hydrogen (secondary N) is 3. The van der Waals surface area contributed by atoms with Crippen LogP contribution in [0, 0.1) is 5.92 Å². The van der Waals surface area contributed by atoms with Gasteiger partial charge in [-0.2, -0.15) is 0 Å². The molecular formula is C25H25N3O7. The number of fused-ring (bicyclic) bond motifs is 1. The zero-order chi connectivity index (χ0) is 25.4. The molecule has 3 rings (SSSR count). The Balaban J connectivity index is 1.67. The van der Waals surface area contributed by atoms with E-state index in [1.807, 2.05) is 0 Å². The van der Waals surface area contributed by atoms with E-state index in [9.17, 15) is 24.0 Å². The lowest BCUT2D eigenvalue weighted by Gasteiger charge is -2.16. The zero-order valence-corrected chi connectivity index (χ0v) is 19.1. The second-order valence-electron chi connectivity index (χ2n) is 7.82. The van der Waals surface area contributed by atoms with E-state index in [-0.39, 0.29) is 37.7 Å². The molecule has 1 atom stereocenters. The molecule has 1 heterocycles. The van der Waals surface area contributed by atoms with Gasteiger partial charge in [0.1, 0.15) is 13.2 Å². The maximum Gasteiger partial charge on any atom is 0.333 e. The van der Waals surface area contributed by atoms with Crippen LogP contribution < -0.4 is 16.0 Å². The average molecular weight is 479 g/mol. The van der Waals surface area contributed by atoms with Crippen LogP contribution >= 0.6 is 0 Å². The van der Waals surface area contributed by atoms with Gasteiger partial charge in [-0.3, -0.25) is 19.2 Å². The van der Waals surface area contributed by atoms with Crippen molar-refractivity contribution in [3.8, 4) is 0 Å². The molecule has 1 aliphatic rings. The first-order chi connectivity index (χ1) is 16.7. The maximum atomic E-state index is 12.9. The number of rotatable bonds is 10. The molecule has 0 fully saturated rings. The average Bonchev–Trinajstić information content (AvgIpc) is 3.20. The largest absolute Gasteiger partial charge is 0.460 e. The van der Waals surface area contributed by atoms with Crippen LogP contribution in [0.2, 0.25) is 0 Å². The van der Waals surface area contributed by atoms with E-state index >= 15 is 0 Å². The normalized spacial score (nSPS) is 12.5. The van der Waals surface area contributed by atoms with Crippen LogP contribution in [-0.2, 0) is 46.5 Å². The van der Waals surface area contributed by atoms with E-state index in [4.69, 9.17) is 9.47 Å². The van der Waals surface area contributed by atoms with Gasteiger partial charge in [0.2, 0.25) is 23.6 Å². The minimum Gasteiger partial charge on any atom is -0.460 e. The van der Waals surface area contributed by atoms with Crippen molar-refractivity contribution in [2.45, 2.75) is 20.0 Å². The van der Waals surface area contributed by atoms with Gasteiger partial charge in [-0.1, -0.05) is 36.9 Å². The molecule has 0 spiro atoms. The van der Waals surface area contributed by atoms with Crippen molar-refractivity contribution in [1.29, 1.82) is 0 Å². The van der Waals surface area contributed by atoms with Crippen molar-refractivity contribution in [3.63, 3.8) is 0 Å². The minimum atomic E-state index is -1.82. The van der Waals surface area contributed by atoms with Crippen LogP contribution in [0.15, 0.2) is 60.7 Å². The van der Waals surface area contributed by atoms with Gasteiger partial charge in [-0.05, 0) is 36.2 Å². The van der Waals surface area contributed by atoms with Gasteiger partial charge in [0.15, 0.2) is 0 Å². The molecule has 1 unspecified atom stereocenters. The van der Waals surface area contributed by atoms with Crippen LogP contribution in [0.5, 0.6) is 0 Å². The first-order valence-corrected chi connectivity index (χ1v) is 10.8. The molecule has 0 bridgehead atoms. The van der Waals surface area contributed by atoms with E-state index in [1.165, 1.54) is 6.92 Å². The smallest absolute Gasteiger partial charge is 0.333 e. The highest BCUT2D eigenvalue weighted by molar-refractivity contribution is 6.19. The molecule has 3 N–H and O–H groups in total. The highest BCUT2D eigenvalue weighted by Crippen LogP contribution is 2.26. The second-order valence-corrected chi connectivity index (χ2v) is 7.82. The highest BCUT2D eigenvalue weighted by atomic mass is 16.5. The zero-order valence-electron chi connectivity index (χ0n) is 19.1. The molecule has 10 heteroatoms. The van der Waals surface area contributed by atoms with Gasteiger partial charge in [0, 0.05) is 16.9 Å². The summed E-state index contributed by atoms with van der Waals surface area (Å²) in [7, 11) is 0. The molecule has 2 aromatic rings. The van der Waals surface area contributed by atoms with Gasteiger partial charge < -0.3 is 25.4 Å². The van der Waals surface area contributed by atoms with Crippen molar-refractivity contribution < 1.29 is 33.4 Å². The topological polar surface area (TPSA) is 140 Å². The molecule has 35 heavy (non-hydrogen) atoms. The Morgan fingerprint density at radius 1 is 1.06 bits per heavy atom. The molecule has 182 valence electrons. The lowest BCUT2D eigenvalue weighted by Crippen LogP contribution is -2.44. The Bertz CT molecular complexity index is 1160. The fourth-order valence-corrected chi connectivity index (χ4v) is 3.21. The number of benzene rings is 2. The monoisotopic (exact) mass is 479 g/mol. The number of esters is 2. The van der Waals surface area contributed by atoms with Crippen molar-refractivity contribution in [2.24, 2.45) is 5.92 Å². The SMILES string of the molecule is C=C(C)C(=O)OCCNC(=O)C(C(=O)Nc1ccc2c(c1)CC(=O)N2)C(=O)OCc1ccccc1. The molecule has 2 aromatic carbocycles. The van der Waals surface area contributed by atoms with Crippen LogP contribution in [-0.4, -0.2) is 42.8 Å². The van der Waals surface area contributed by atoms with E-state index in [0.717, 1.165) is 0 Å². The lowest BCUT2D eigenvalue weighted by atomic mass is 10.1. The Morgan fingerprint density at radius 2 is 1.80 bits per heavy atom. The highest BCUT2D eigenvalue weighted by Gasteiger charge is 2.36. The van der Waals surface area contributed by atoms with Gasteiger partial charge in [0.25, 0.3) is 0 Å². The van der Waals surface area contributed by atoms with Gasteiger partial charge >= 0.3 is 11.9 Å². The lowest BCUT2D eigenvalue weighted by molar-refractivity contribution is -0.156. The van der Waals surface area contributed by atoms with Crippen molar-refractivity contribution >= 4 is 41.0 Å². The third-order valence-corrected chi connectivity index (χ3v) is 4.96. The summed E-state index contributed by atoms with van der Waals surface area (Å²) in [5.74, 6) is -5.47. The fourth-order valence-electron chi connectivity index (χ4n) is 3.21. The number of ether oxygens (including phenoxy) is 2. The number of carbonyl (C=O) groups is 5. The predicted octanol–water partition coefficient (Wildman–Crippen LogP) is 1.71. The molecule has 1 aliphatic heterocycles. The van der Waals surface area contributed by atoms with Crippen LogP contribution in [0.25, 0.3) is 0 Å². The maximum absolute atomic E-state index is 12.9. The molecule has 10 nitrogen and oxygen atoms in total. The Morgan fingerprint density at radius 3 is 2.51 bits per heavy atom. The predicted molar refractivity (Wildman–Crippen MR) is 126 cm³/mol. The summed E-state index contributed by atoms with van der Waals surface area (Å²) in [4.78, 5) is 61.5. The van der Waals surface area contributed by atoms with Crippen LogP contribution in [0.3, 0.4) is 0 Å². The standard InChI is InChI=1S/C25H25N3O7/c1-15(2)24(32)34-11-10-26-22(30)21(25(33)35-14-16-6-4-3-5-7-16)23(31)27-18-8-9-19-17(12-18)13-20(29)28-19/h3-9,12,21H,1,10-11,13-14H2,2H3,(H,26,30)(H,27,31)(H,28,29). The number of carbonyl (C=O) groups excluding carboxylic acids is 5. The molecular weight excluding hydrogens is 454 g/mol. The molecule has 0 aromatic heterocycles. The molecule has 0 radical (unpaired) electrons. The van der Waals surface area contributed by atoms with Gasteiger partial charge in [-0.25, -0.2) is 4.79 Å². The Kier molecular flexibility index (Phi) is 8.33. The number of amides is 3. The summed E-state index contributed by atoms with van der Waals surface area (Å²) in [6.07, 6.45) is 0.158. The molecule has 0 aliphatic carbocycles. The second kappa shape index (κ2) is 11.6. The van der Waals surface area contributed by atoms with Gasteiger partial charge in [-0.15, -0.1) is 0 Å². The van der Waals surface area contributed by atoms with Crippen molar-refractivity contribution in [3.05, 3.63) is 71.8 Å². The van der Waals surface area contributed by atoms with E-state index < -0.39 is 29.7 Å². The van der Waals surface area contributed by atoms with Crippen molar-refractivity contribution in [1.82, 2.24) is 5.32 Å². The minimum absolute atomic E-state index is 0.125. The summed E-state index contributed by atoms with van der Waals surface area (Å²) in [5, 5.41) is 7.62. The van der Waals surface area contributed by atoms with E-state index in [2.05, 4.69) is 22.5 Å². The van der Waals surface area contributed by atoms with Gasteiger partial charge in [0.05, 0.1) is 13.0 Å². The summed E-state index contributed by atoms with van der Waals surface area (Å²) >= 11 is 0. The Labute approximate surface area is 201 Å². The summed E-state index contributed by atoms with van der Waals surface area (Å²) < 4.78 is 10.1. The third kappa shape index (κ3) is 7.00. The number of hydrogen-bond acceptors (Lipinski definition) is 7. The van der Waals surface area contributed by atoms with Crippen molar-refractivity contribution in [2.75, 3.05) is 23.8 Å². The van der Waals surface area contributed by atoms with Crippen LogP contribution in [0.4, 0.5) is 11.4 Å². The first-order valence-electron chi connectivity index (χ1n) is 10.8. The molecule has 0 saturated heterocycles. The van der Waals surface area contributed by atoms with Crippen LogP contribution in [0.1, 0.15) is 18.1 Å². The van der Waals surface area contributed by atoms with E-state index in [1.54, 1.807) is 48.5 Å². The summed E-state index contributed by atoms with van der Waals surface area (Å²) in [6, 6.07) is 13.6. The van der Waals surface area contributed by atoms with E-state index in [0.29, 0.717) is 22.5 Å². The molecule has 0 saturated carbocycles. The first kappa shape index (κ1) is 25.2. The quantitative estimate of drug-likeness (QED) is 0.204. The summed E-state index contributed by atoms with van der Waals surface area (Å²) in [6.45, 7) is 4.52. The third-order valence-electron chi connectivity index (χ3n) is 4.96. The Hall–Kier alpha value is -4.47. The summed E-state index contributed by atoms with van der Waals surface area (Å²) in [5.41, 5.74) is 2.51. The number of hydrogen-bond donors (Lipinski definition) is 3. The number of anilines is 2. The fraction of sp³-hybridized carbons (Fsp3) is 0.240. The molecule has 3 amide bonds.